The number of anilines is 1. The maximum absolute atomic E-state index is 15.1. The molecule has 1 N–H and O–H groups in total. The number of rotatable bonds is 5. The second kappa shape index (κ2) is 16.4. The molecule has 2 aliphatic rings. The topological polar surface area (TPSA) is 93.4 Å². The summed E-state index contributed by atoms with van der Waals surface area (Å²) in [4.78, 5) is 23.3. The minimum atomic E-state index is -0.503. The van der Waals surface area contributed by atoms with E-state index in [1.165, 1.54) is 13.0 Å². The standard InChI is InChI=1S/C25H30FN5O3.3C2H6/c1-14-20-12-17(15(2)32)13-21(26)23(20)29-24(22(14)25-27-16(3)30-34-25)31-8-4-18(5-9-31)28-19-6-10-33-11-7-19;3*1-2/h12-13,18-19,28H,4-11H2,1-3H3;3*1-2H3. The Balaban J connectivity index is 0.000000876. The van der Waals surface area contributed by atoms with Crippen LogP contribution in [0.25, 0.3) is 22.4 Å². The molecule has 3 aromatic rings. The van der Waals surface area contributed by atoms with E-state index >= 15 is 4.39 Å². The number of pyridine rings is 1. The second-order valence-electron chi connectivity index (χ2n) is 9.31. The Hall–Kier alpha value is -2.91. The molecule has 40 heavy (non-hydrogen) atoms. The lowest BCUT2D eigenvalue weighted by molar-refractivity contribution is 0.0738. The van der Waals surface area contributed by atoms with Gasteiger partial charge in [0.1, 0.15) is 17.2 Å². The Morgan fingerprint density at radius 1 is 0.950 bits per heavy atom. The number of fused-ring (bicyclic) bond motifs is 1. The largest absolute Gasteiger partial charge is 0.381 e. The Labute approximate surface area is 239 Å². The number of ketones is 1. The lowest BCUT2D eigenvalue weighted by atomic mass is 9.98. The van der Waals surface area contributed by atoms with Crippen LogP contribution in [0.15, 0.2) is 16.7 Å². The fourth-order valence-electron chi connectivity index (χ4n) is 5.01. The van der Waals surface area contributed by atoms with Gasteiger partial charge in [0.15, 0.2) is 11.6 Å². The summed E-state index contributed by atoms with van der Waals surface area (Å²) < 4.78 is 26.1. The van der Waals surface area contributed by atoms with Crippen LogP contribution in [-0.4, -0.2) is 59.3 Å². The van der Waals surface area contributed by atoms with E-state index < -0.39 is 5.82 Å². The summed E-state index contributed by atoms with van der Waals surface area (Å²) in [5, 5.41) is 8.33. The second-order valence-corrected chi connectivity index (χ2v) is 9.31. The third kappa shape index (κ3) is 7.85. The Kier molecular flexibility index (Phi) is 13.6. The van der Waals surface area contributed by atoms with Gasteiger partial charge in [-0.05, 0) is 64.2 Å². The van der Waals surface area contributed by atoms with Crippen LogP contribution >= 0.6 is 0 Å². The number of ether oxygens (including phenoxy) is 1. The van der Waals surface area contributed by atoms with E-state index in [-0.39, 0.29) is 11.3 Å². The van der Waals surface area contributed by atoms with E-state index in [4.69, 9.17) is 14.2 Å². The number of aryl methyl sites for hydroxylation is 2. The lowest BCUT2D eigenvalue weighted by Gasteiger charge is -2.37. The summed E-state index contributed by atoms with van der Waals surface area (Å²) in [6, 6.07) is 3.91. The quantitative estimate of drug-likeness (QED) is 0.333. The molecule has 0 spiro atoms. The summed E-state index contributed by atoms with van der Waals surface area (Å²) in [5.74, 6) is 0.821. The van der Waals surface area contributed by atoms with Crippen molar-refractivity contribution in [3.63, 3.8) is 0 Å². The maximum atomic E-state index is 15.1. The number of piperidine rings is 1. The molecule has 0 bridgehead atoms. The predicted molar refractivity (Wildman–Crippen MR) is 161 cm³/mol. The lowest BCUT2D eigenvalue weighted by Crippen LogP contribution is -2.48. The summed E-state index contributed by atoms with van der Waals surface area (Å²) >= 11 is 0. The highest BCUT2D eigenvalue weighted by molar-refractivity contribution is 6.00. The number of nitrogens with one attached hydrogen (secondary N) is 1. The predicted octanol–water partition coefficient (Wildman–Crippen LogP) is 7.06. The highest BCUT2D eigenvalue weighted by Gasteiger charge is 2.29. The van der Waals surface area contributed by atoms with Crippen molar-refractivity contribution in [2.45, 2.75) is 100 Å². The molecule has 4 heterocycles. The highest BCUT2D eigenvalue weighted by atomic mass is 19.1. The molecule has 2 saturated heterocycles. The molecule has 1 aromatic carbocycles. The molecule has 8 nitrogen and oxygen atoms in total. The van der Waals surface area contributed by atoms with Gasteiger partial charge in [-0.2, -0.15) is 4.98 Å². The molecular formula is C31H48FN5O3. The van der Waals surface area contributed by atoms with Crippen LogP contribution in [0.2, 0.25) is 0 Å². The van der Waals surface area contributed by atoms with Crippen LogP contribution < -0.4 is 10.2 Å². The van der Waals surface area contributed by atoms with E-state index in [0.29, 0.717) is 46.1 Å². The van der Waals surface area contributed by atoms with Crippen LogP contribution in [0, 0.1) is 19.7 Å². The molecule has 0 amide bonds. The van der Waals surface area contributed by atoms with Crippen LogP contribution in [0.3, 0.4) is 0 Å². The average Bonchev–Trinajstić information content (AvgIpc) is 3.43. The van der Waals surface area contributed by atoms with Gasteiger partial charge in [0.05, 0.1) is 5.56 Å². The number of hydrogen-bond acceptors (Lipinski definition) is 8. The van der Waals surface area contributed by atoms with Crippen LogP contribution in [0.4, 0.5) is 10.2 Å². The van der Waals surface area contributed by atoms with Crippen LogP contribution in [-0.2, 0) is 4.74 Å². The van der Waals surface area contributed by atoms with Crippen molar-refractivity contribution in [1.29, 1.82) is 0 Å². The van der Waals surface area contributed by atoms with Gasteiger partial charge in [-0.3, -0.25) is 4.79 Å². The van der Waals surface area contributed by atoms with Crippen molar-refractivity contribution in [3.8, 4) is 11.5 Å². The van der Waals surface area contributed by atoms with Crippen LogP contribution in [0.5, 0.6) is 0 Å². The van der Waals surface area contributed by atoms with E-state index in [1.54, 1.807) is 13.0 Å². The normalized spacial score (nSPS) is 15.8. The highest BCUT2D eigenvalue weighted by Crippen LogP contribution is 2.38. The van der Waals surface area contributed by atoms with Crippen molar-refractivity contribution in [3.05, 3.63) is 34.9 Å². The smallest absolute Gasteiger partial charge is 0.261 e. The molecule has 5 rings (SSSR count). The number of halogens is 1. The fraction of sp³-hybridized carbons (Fsp3) is 0.613. The SMILES string of the molecule is CC.CC.CC.CC(=O)c1cc(F)c2nc(N3CCC(NC4CCOCC4)CC3)c(-c3nc(C)no3)c(C)c2c1. The molecule has 9 heteroatoms. The van der Waals surface area contributed by atoms with Gasteiger partial charge in [0, 0.05) is 49.3 Å². The zero-order valence-electron chi connectivity index (χ0n) is 25.9. The summed E-state index contributed by atoms with van der Waals surface area (Å²) in [6.07, 6.45) is 4.02. The van der Waals surface area contributed by atoms with Crippen molar-refractivity contribution in [1.82, 2.24) is 20.4 Å². The van der Waals surface area contributed by atoms with E-state index in [2.05, 4.69) is 20.4 Å². The third-order valence-corrected chi connectivity index (χ3v) is 6.92. The van der Waals surface area contributed by atoms with Crippen molar-refractivity contribution in [2.24, 2.45) is 0 Å². The van der Waals surface area contributed by atoms with Crippen molar-refractivity contribution in [2.75, 3.05) is 31.2 Å². The number of hydrogen-bond donors (Lipinski definition) is 1. The zero-order valence-corrected chi connectivity index (χ0v) is 25.9. The fourth-order valence-corrected chi connectivity index (χ4v) is 5.01. The Bertz CT molecular complexity index is 1220. The van der Waals surface area contributed by atoms with Crippen LogP contribution in [0.1, 0.15) is 95.9 Å². The molecule has 0 aliphatic carbocycles. The molecule has 222 valence electrons. The summed E-state index contributed by atoms with van der Waals surface area (Å²) in [5.41, 5.74) is 2.03. The molecule has 0 saturated carbocycles. The van der Waals surface area contributed by atoms with Gasteiger partial charge in [0.2, 0.25) is 0 Å². The monoisotopic (exact) mass is 557 g/mol. The molecule has 0 unspecified atom stereocenters. The van der Waals surface area contributed by atoms with Gasteiger partial charge in [-0.15, -0.1) is 0 Å². The number of Topliss-reactive ketones (excluding diaryl/α,β-unsaturated/α-hetero) is 1. The minimum Gasteiger partial charge on any atom is -0.381 e. The average molecular weight is 558 g/mol. The van der Waals surface area contributed by atoms with Gasteiger partial charge in [0.25, 0.3) is 5.89 Å². The van der Waals surface area contributed by atoms with Gasteiger partial charge < -0.3 is 19.5 Å². The Morgan fingerprint density at radius 3 is 2.10 bits per heavy atom. The number of carbonyl (C=O) groups excluding carboxylic acids is 1. The molecule has 2 aliphatic heterocycles. The van der Waals surface area contributed by atoms with E-state index in [9.17, 15) is 4.79 Å². The molecular weight excluding hydrogens is 509 g/mol. The van der Waals surface area contributed by atoms with Gasteiger partial charge >= 0.3 is 0 Å². The number of nitrogens with zero attached hydrogens (tertiary/aromatic N) is 4. The summed E-state index contributed by atoms with van der Waals surface area (Å²) in [6.45, 7) is 20.3. The minimum absolute atomic E-state index is 0.196. The first-order valence-electron chi connectivity index (χ1n) is 14.9. The molecule has 2 aromatic heterocycles. The number of aromatic nitrogens is 3. The first-order chi connectivity index (χ1) is 19.4. The number of carbonyl (C=O) groups is 1. The van der Waals surface area contributed by atoms with Gasteiger partial charge in [-0.1, -0.05) is 46.7 Å². The summed E-state index contributed by atoms with van der Waals surface area (Å²) in [7, 11) is 0. The van der Waals surface area contributed by atoms with E-state index in [0.717, 1.165) is 57.6 Å². The molecule has 0 radical (unpaired) electrons. The zero-order chi connectivity index (χ0) is 29.8. The Morgan fingerprint density at radius 2 is 1.55 bits per heavy atom. The first-order valence-corrected chi connectivity index (χ1v) is 14.9. The maximum Gasteiger partial charge on any atom is 0.261 e. The third-order valence-electron chi connectivity index (χ3n) is 6.92. The van der Waals surface area contributed by atoms with E-state index in [1.807, 2.05) is 48.5 Å². The van der Waals surface area contributed by atoms with Crippen molar-refractivity contribution >= 4 is 22.5 Å². The molecule has 2 fully saturated rings. The number of benzene rings is 1. The van der Waals surface area contributed by atoms with Crippen molar-refractivity contribution < 1.29 is 18.4 Å². The molecule has 0 atom stereocenters. The van der Waals surface area contributed by atoms with Gasteiger partial charge in [-0.25, -0.2) is 9.37 Å². The first kappa shape index (κ1) is 33.3.